The van der Waals surface area contributed by atoms with Crippen LogP contribution in [0.2, 0.25) is 0 Å². The predicted octanol–water partition coefficient (Wildman–Crippen LogP) is 5.49. The molecule has 2 aromatic carbocycles. The molecule has 130 valence electrons. The van der Waals surface area contributed by atoms with Gasteiger partial charge in [0.1, 0.15) is 11.4 Å². The van der Waals surface area contributed by atoms with Crippen LogP contribution in [0, 0.1) is 0 Å². The van der Waals surface area contributed by atoms with E-state index >= 15 is 0 Å². The van der Waals surface area contributed by atoms with E-state index in [1.54, 1.807) is 4.57 Å². The molecule has 3 aromatic rings. The first-order valence-corrected chi connectivity index (χ1v) is 8.46. The Bertz CT molecular complexity index is 889. The van der Waals surface area contributed by atoms with Crippen LogP contribution in [0.4, 0.5) is 4.79 Å². The zero-order valence-electron chi connectivity index (χ0n) is 15.1. The van der Waals surface area contributed by atoms with Crippen LogP contribution >= 0.6 is 0 Å². The van der Waals surface area contributed by atoms with E-state index in [1.165, 1.54) is 0 Å². The summed E-state index contributed by atoms with van der Waals surface area (Å²) in [6, 6.07) is 15.8. The maximum Gasteiger partial charge on any atom is 0.419 e. The summed E-state index contributed by atoms with van der Waals surface area (Å²) < 4.78 is 12.7. The van der Waals surface area contributed by atoms with Gasteiger partial charge in [-0.2, -0.15) is 0 Å². The SMILES string of the molecule is CCOc1ccc2c(-c3ccccc3)cn(C(=O)OC(C)(C)C)c2c1. The van der Waals surface area contributed by atoms with E-state index in [2.05, 4.69) is 0 Å². The summed E-state index contributed by atoms with van der Waals surface area (Å²) in [4.78, 5) is 12.7. The Kier molecular flexibility index (Phi) is 4.53. The van der Waals surface area contributed by atoms with Gasteiger partial charge in [0.15, 0.2) is 0 Å². The van der Waals surface area contributed by atoms with E-state index in [9.17, 15) is 4.79 Å². The number of fused-ring (bicyclic) bond motifs is 1. The molecule has 0 saturated carbocycles. The lowest BCUT2D eigenvalue weighted by Crippen LogP contribution is -2.26. The van der Waals surface area contributed by atoms with Crippen LogP contribution in [0.3, 0.4) is 0 Å². The smallest absolute Gasteiger partial charge is 0.419 e. The van der Waals surface area contributed by atoms with Gasteiger partial charge in [0, 0.05) is 23.2 Å². The summed E-state index contributed by atoms with van der Waals surface area (Å²) in [5, 5.41) is 0.987. The second-order valence-corrected chi connectivity index (χ2v) is 6.87. The fourth-order valence-electron chi connectivity index (χ4n) is 2.77. The van der Waals surface area contributed by atoms with Crippen LogP contribution in [0.15, 0.2) is 54.7 Å². The molecule has 0 atom stereocenters. The number of hydrogen-bond acceptors (Lipinski definition) is 3. The number of nitrogens with zero attached hydrogens (tertiary/aromatic N) is 1. The number of hydrogen-bond donors (Lipinski definition) is 0. The van der Waals surface area contributed by atoms with Crippen molar-refractivity contribution < 1.29 is 14.3 Å². The summed E-state index contributed by atoms with van der Waals surface area (Å²) in [6.07, 6.45) is 1.44. The van der Waals surface area contributed by atoms with E-state index in [1.807, 2.05) is 82.4 Å². The van der Waals surface area contributed by atoms with Crippen molar-refractivity contribution in [3.8, 4) is 16.9 Å². The zero-order valence-corrected chi connectivity index (χ0v) is 15.1. The molecule has 1 heterocycles. The van der Waals surface area contributed by atoms with Gasteiger partial charge >= 0.3 is 6.09 Å². The molecule has 1 aromatic heterocycles. The van der Waals surface area contributed by atoms with Gasteiger partial charge in [-0.05, 0) is 45.4 Å². The lowest BCUT2D eigenvalue weighted by Gasteiger charge is -2.19. The third-order valence-electron chi connectivity index (χ3n) is 3.76. The highest BCUT2D eigenvalue weighted by Gasteiger charge is 2.21. The molecule has 0 bridgehead atoms. The van der Waals surface area contributed by atoms with Crippen LogP contribution in [0.5, 0.6) is 5.75 Å². The molecule has 0 aliphatic heterocycles. The van der Waals surface area contributed by atoms with Gasteiger partial charge in [-0.3, -0.25) is 4.57 Å². The number of rotatable bonds is 3. The van der Waals surface area contributed by atoms with Gasteiger partial charge in [-0.25, -0.2) is 4.79 Å². The molecule has 0 unspecified atom stereocenters. The van der Waals surface area contributed by atoms with Gasteiger partial charge in [0.05, 0.1) is 12.1 Å². The summed E-state index contributed by atoms with van der Waals surface area (Å²) in [7, 11) is 0. The maximum atomic E-state index is 12.7. The highest BCUT2D eigenvalue weighted by atomic mass is 16.6. The highest BCUT2D eigenvalue weighted by molar-refractivity contribution is 6.01. The molecule has 25 heavy (non-hydrogen) atoms. The average Bonchev–Trinajstić information content (AvgIpc) is 2.93. The van der Waals surface area contributed by atoms with Crippen molar-refractivity contribution >= 4 is 17.0 Å². The van der Waals surface area contributed by atoms with Gasteiger partial charge in [-0.15, -0.1) is 0 Å². The predicted molar refractivity (Wildman–Crippen MR) is 100 cm³/mol. The van der Waals surface area contributed by atoms with Gasteiger partial charge in [0.25, 0.3) is 0 Å². The average molecular weight is 337 g/mol. The van der Waals surface area contributed by atoms with E-state index in [0.717, 1.165) is 27.8 Å². The topological polar surface area (TPSA) is 40.5 Å². The van der Waals surface area contributed by atoms with Gasteiger partial charge < -0.3 is 9.47 Å². The zero-order chi connectivity index (χ0) is 18.0. The van der Waals surface area contributed by atoms with E-state index in [-0.39, 0.29) is 0 Å². The fourth-order valence-corrected chi connectivity index (χ4v) is 2.77. The molecule has 0 fully saturated rings. The first-order chi connectivity index (χ1) is 11.9. The van der Waals surface area contributed by atoms with Crippen molar-refractivity contribution in [2.45, 2.75) is 33.3 Å². The second-order valence-electron chi connectivity index (χ2n) is 6.87. The number of benzene rings is 2. The molecular weight excluding hydrogens is 314 g/mol. The summed E-state index contributed by atoms with van der Waals surface area (Å²) in [6.45, 7) is 8.09. The molecule has 4 heteroatoms. The van der Waals surface area contributed by atoms with Crippen molar-refractivity contribution in [1.29, 1.82) is 0 Å². The van der Waals surface area contributed by atoms with E-state index in [0.29, 0.717) is 6.61 Å². The van der Waals surface area contributed by atoms with Crippen LogP contribution in [-0.2, 0) is 4.74 Å². The fraction of sp³-hybridized carbons (Fsp3) is 0.286. The number of aromatic nitrogens is 1. The third kappa shape index (κ3) is 3.68. The van der Waals surface area contributed by atoms with Crippen molar-refractivity contribution in [3.63, 3.8) is 0 Å². The minimum atomic E-state index is -0.557. The van der Waals surface area contributed by atoms with Crippen molar-refractivity contribution in [2.75, 3.05) is 6.61 Å². The standard InChI is InChI=1S/C21H23NO3/c1-5-24-16-11-12-17-18(15-9-7-6-8-10-15)14-22(19(17)13-16)20(23)25-21(2,3)4/h6-14H,5H2,1-4H3. The molecule has 0 amide bonds. The lowest BCUT2D eigenvalue weighted by atomic mass is 10.1. The Labute approximate surface area is 148 Å². The van der Waals surface area contributed by atoms with E-state index in [4.69, 9.17) is 9.47 Å². The molecule has 0 aliphatic carbocycles. The van der Waals surface area contributed by atoms with Crippen molar-refractivity contribution in [2.24, 2.45) is 0 Å². The minimum absolute atomic E-state index is 0.395. The molecular formula is C21H23NO3. The summed E-state index contributed by atoms with van der Waals surface area (Å²) in [5.41, 5.74) is 2.26. The molecule has 0 spiro atoms. The Morgan fingerprint density at radius 3 is 2.44 bits per heavy atom. The normalized spacial score (nSPS) is 11.5. The second kappa shape index (κ2) is 6.63. The largest absolute Gasteiger partial charge is 0.494 e. The van der Waals surface area contributed by atoms with Gasteiger partial charge in [0.2, 0.25) is 0 Å². The highest BCUT2D eigenvalue weighted by Crippen LogP contribution is 2.33. The summed E-state index contributed by atoms with van der Waals surface area (Å²) in [5.74, 6) is 0.734. The molecule has 0 N–H and O–H groups in total. The van der Waals surface area contributed by atoms with Crippen LogP contribution in [-0.4, -0.2) is 22.9 Å². The first-order valence-electron chi connectivity index (χ1n) is 8.46. The van der Waals surface area contributed by atoms with Crippen LogP contribution < -0.4 is 4.74 Å². The maximum absolute atomic E-state index is 12.7. The lowest BCUT2D eigenvalue weighted by molar-refractivity contribution is 0.0544. The minimum Gasteiger partial charge on any atom is -0.494 e. The Balaban J connectivity index is 2.17. The monoisotopic (exact) mass is 337 g/mol. The Morgan fingerprint density at radius 1 is 1.08 bits per heavy atom. The summed E-state index contributed by atoms with van der Waals surface area (Å²) >= 11 is 0. The van der Waals surface area contributed by atoms with Crippen molar-refractivity contribution in [3.05, 3.63) is 54.7 Å². The quantitative estimate of drug-likeness (QED) is 0.634. The van der Waals surface area contributed by atoms with E-state index < -0.39 is 11.7 Å². The molecule has 0 saturated heterocycles. The van der Waals surface area contributed by atoms with Crippen LogP contribution in [0.25, 0.3) is 22.0 Å². The van der Waals surface area contributed by atoms with Gasteiger partial charge in [-0.1, -0.05) is 30.3 Å². The Morgan fingerprint density at radius 2 is 1.80 bits per heavy atom. The molecule has 4 nitrogen and oxygen atoms in total. The van der Waals surface area contributed by atoms with Crippen LogP contribution in [0.1, 0.15) is 27.7 Å². The number of carbonyl (C=O) groups is 1. The van der Waals surface area contributed by atoms with Crippen molar-refractivity contribution in [1.82, 2.24) is 4.57 Å². The Hall–Kier alpha value is -2.75. The number of carbonyl (C=O) groups excluding carboxylic acids is 1. The third-order valence-corrected chi connectivity index (χ3v) is 3.76. The first kappa shape index (κ1) is 17.1. The number of ether oxygens (including phenoxy) is 2. The molecule has 3 rings (SSSR count). The molecule has 0 aliphatic rings. The molecule has 0 radical (unpaired) electrons.